The third-order valence-electron chi connectivity index (χ3n) is 4.89. The van der Waals surface area contributed by atoms with Crippen LogP contribution in [0.3, 0.4) is 0 Å². The van der Waals surface area contributed by atoms with E-state index in [9.17, 15) is 28.4 Å². The lowest BCUT2D eigenvalue weighted by Crippen LogP contribution is -2.29. The number of hydrogen-bond acceptors (Lipinski definition) is 7. The van der Waals surface area contributed by atoms with Gasteiger partial charge in [-0.2, -0.15) is 5.26 Å². The summed E-state index contributed by atoms with van der Waals surface area (Å²) in [5, 5.41) is 29.4. The zero-order valence-electron chi connectivity index (χ0n) is 15.7. The minimum Gasteiger partial charge on any atom is -0.494 e. The molecule has 2 N–H and O–H groups in total. The van der Waals surface area contributed by atoms with Crippen molar-refractivity contribution in [3.8, 4) is 11.9 Å². The third kappa shape index (κ3) is 3.94. The number of aliphatic imine (C=N–C) groups is 1. The molecule has 1 aliphatic rings. The van der Waals surface area contributed by atoms with Crippen LogP contribution in [0.2, 0.25) is 5.02 Å². The lowest BCUT2D eigenvalue weighted by molar-refractivity contribution is 0.0697. The number of sulfone groups is 1. The molecule has 1 aliphatic heterocycles. The second-order valence-corrected chi connectivity index (χ2v) is 9.45. The predicted octanol–water partition coefficient (Wildman–Crippen LogP) is 2.20. The van der Waals surface area contributed by atoms with Gasteiger partial charge in [-0.15, -0.1) is 0 Å². The average molecular weight is 450 g/mol. The Morgan fingerprint density at radius 2 is 2.13 bits per heavy atom. The Balaban J connectivity index is 2.17. The first-order chi connectivity index (χ1) is 14.1. The van der Waals surface area contributed by atoms with Crippen LogP contribution >= 0.6 is 11.6 Å². The van der Waals surface area contributed by atoms with Crippen LogP contribution < -0.4 is 5.56 Å². The van der Waals surface area contributed by atoms with Crippen LogP contribution in [0.5, 0.6) is 5.88 Å². The molecular formula is C19H16ClN3O6S. The van der Waals surface area contributed by atoms with Crippen molar-refractivity contribution in [3.05, 3.63) is 55.8 Å². The highest BCUT2D eigenvalue weighted by Gasteiger charge is 2.33. The van der Waals surface area contributed by atoms with E-state index in [4.69, 9.17) is 16.7 Å². The molecule has 0 radical (unpaired) electrons. The first-order valence-corrected chi connectivity index (χ1v) is 10.9. The van der Waals surface area contributed by atoms with Crippen molar-refractivity contribution in [2.24, 2.45) is 4.99 Å². The SMILES string of the molecule is Cc1c(C=Nc2cc(C(=O)O)ccc2Cl)c(O)n([C@@H]2CCS(=O)(=O)C2)c(=O)c1C#N. The number of aromatic carboxylic acids is 1. The van der Waals surface area contributed by atoms with Crippen LogP contribution in [0.15, 0.2) is 28.0 Å². The molecule has 1 saturated heterocycles. The maximum atomic E-state index is 12.7. The summed E-state index contributed by atoms with van der Waals surface area (Å²) in [6.07, 6.45) is 1.30. The Hall–Kier alpha value is -3.16. The summed E-state index contributed by atoms with van der Waals surface area (Å²) < 4.78 is 24.6. The number of aromatic hydroxyl groups is 1. The van der Waals surface area contributed by atoms with Crippen LogP contribution in [0.4, 0.5) is 5.69 Å². The molecule has 1 aromatic carbocycles. The van der Waals surface area contributed by atoms with Gasteiger partial charge in [-0.05, 0) is 37.1 Å². The Morgan fingerprint density at radius 1 is 1.43 bits per heavy atom. The average Bonchev–Trinajstić information content (AvgIpc) is 3.02. The predicted molar refractivity (Wildman–Crippen MR) is 110 cm³/mol. The molecule has 0 bridgehead atoms. The fourth-order valence-corrected chi connectivity index (χ4v) is 5.16. The first kappa shape index (κ1) is 21.5. The van der Waals surface area contributed by atoms with Gasteiger partial charge < -0.3 is 10.2 Å². The van der Waals surface area contributed by atoms with Crippen molar-refractivity contribution in [2.75, 3.05) is 11.5 Å². The van der Waals surface area contributed by atoms with Crippen LogP contribution in [0.1, 0.15) is 39.5 Å². The van der Waals surface area contributed by atoms with Gasteiger partial charge in [0.05, 0.1) is 39.4 Å². The van der Waals surface area contributed by atoms with E-state index in [1.165, 1.54) is 25.1 Å². The normalized spacial score (nSPS) is 17.8. The quantitative estimate of drug-likeness (QED) is 0.679. The molecule has 11 heteroatoms. The largest absolute Gasteiger partial charge is 0.494 e. The molecule has 1 aromatic heterocycles. The smallest absolute Gasteiger partial charge is 0.335 e. The first-order valence-electron chi connectivity index (χ1n) is 8.71. The lowest BCUT2D eigenvalue weighted by Gasteiger charge is -2.18. The van der Waals surface area contributed by atoms with Crippen LogP contribution in [0, 0.1) is 18.3 Å². The minimum atomic E-state index is -3.35. The number of carbonyl (C=O) groups is 1. The van der Waals surface area contributed by atoms with Gasteiger partial charge in [-0.1, -0.05) is 11.6 Å². The molecular weight excluding hydrogens is 434 g/mol. The Labute approximate surface area is 176 Å². The van der Waals surface area contributed by atoms with Gasteiger partial charge in [0.2, 0.25) is 5.88 Å². The number of hydrogen-bond donors (Lipinski definition) is 2. The van der Waals surface area contributed by atoms with Gasteiger partial charge in [-0.25, -0.2) is 13.2 Å². The Kier molecular flexibility index (Phi) is 5.70. The molecule has 2 aromatic rings. The molecule has 0 unspecified atom stereocenters. The molecule has 2 heterocycles. The highest BCUT2D eigenvalue weighted by Crippen LogP contribution is 2.31. The summed E-state index contributed by atoms with van der Waals surface area (Å²) >= 11 is 6.05. The van der Waals surface area contributed by atoms with Crippen molar-refractivity contribution in [1.82, 2.24) is 4.57 Å². The molecule has 9 nitrogen and oxygen atoms in total. The number of benzene rings is 1. The van der Waals surface area contributed by atoms with E-state index >= 15 is 0 Å². The molecule has 156 valence electrons. The van der Waals surface area contributed by atoms with Crippen LogP contribution in [0.25, 0.3) is 0 Å². The van der Waals surface area contributed by atoms with Gasteiger partial charge in [0.1, 0.15) is 11.6 Å². The fraction of sp³-hybridized carbons (Fsp3) is 0.263. The molecule has 0 saturated carbocycles. The molecule has 0 amide bonds. The molecule has 3 rings (SSSR count). The Bertz CT molecular complexity index is 1290. The third-order valence-corrected chi connectivity index (χ3v) is 6.96. The minimum absolute atomic E-state index is 0.0345. The molecule has 30 heavy (non-hydrogen) atoms. The van der Waals surface area contributed by atoms with Gasteiger partial charge in [0, 0.05) is 6.21 Å². The van der Waals surface area contributed by atoms with E-state index in [1.807, 2.05) is 0 Å². The summed E-state index contributed by atoms with van der Waals surface area (Å²) in [5.74, 6) is -2.14. The van der Waals surface area contributed by atoms with E-state index < -0.39 is 33.3 Å². The van der Waals surface area contributed by atoms with Crippen molar-refractivity contribution in [1.29, 1.82) is 5.26 Å². The van der Waals surface area contributed by atoms with E-state index in [0.29, 0.717) is 0 Å². The second-order valence-electron chi connectivity index (χ2n) is 6.81. The number of pyridine rings is 1. The standard InChI is InChI=1S/C19H16ClN3O6S/c1-10-13(7-21)17(24)23(12-4-5-30(28,29)9-12)18(25)14(10)8-22-16-6-11(19(26)27)2-3-15(16)20/h2-3,6,8,12,25H,4-5,9H2,1H3,(H,26,27)/t12-/m1/s1. The summed E-state index contributed by atoms with van der Waals surface area (Å²) in [4.78, 5) is 28.0. The van der Waals surface area contributed by atoms with Crippen molar-refractivity contribution >= 4 is 39.3 Å². The van der Waals surface area contributed by atoms with E-state index in [1.54, 1.807) is 6.07 Å². The number of aromatic nitrogens is 1. The molecule has 1 fully saturated rings. The monoisotopic (exact) mass is 449 g/mol. The van der Waals surface area contributed by atoms with Gasteiger partial charge >= 0.3 is 5.97 Å². The number of nitriles is 1. The number of halogens is 1. The van der Waals surface area contributed by atoms with Gasteiger partial charge in [0.25, 0.3) is 5.56 Å². The van der Waals surface area contributed by atoms with Gasteiger partial charge in [-0.3, -0.25) is 14.4 Å². The molecule has 1 atom stereocenters. The second kappa shape index (κ2) is 7.93. The lowest BCUT2D eigenvalue weighted by atomic mass is 10.0. The summed E-state index contributed by atoms with van der Waals surface area (Å²) in [6.45, 7) is 1.45. The number of nitrogens with zero attached hydrogens (tertiary/aromatic N) is 3. The zero-order chi connectivity index (χ0) is 22.2. The highest BCUT2D eigenvalue weighted by molar-refractivity contribution is 7.91. The van der Waals surface area contributed by atoms with Crippen molar-refractivity contribution in [3.63, 3.8) is 0 Å². The van der Waals surface area contributed by atoms with E-state index in [0.717, 1.165) is 10.8 Å². The summed E-state index contributed by atoms with van der Waals surface area (Å²) in [5.41, 5.74) is -0.776. The van der Waals surface area contributed by atoms with Gasteiger partial charge in [0.15, 0.2) is 9.84 Å². The summed E-state index contributed by atoms with van der Waals surface area (Å²) in [7, 11) is -3.35. The molecule has 0 aliphatic carbocycles. The molecule has 0 spiro atoms. The van der Waals surface area contributed by atoms with E-state index in [2.05, 4.69) is 4.99 Å². The highest BCUT2D eigenvalue weighted by atomic mass is 35.5. The van der Waals surface area contributed by atoms with Crippen molar-refractivity contribution in [2.45, 2.75) is 19.4 Å². The topological polar surface area (TPSA) is 150 Å². The van der Waals surface area contributed by atoms with E-state index in [-0.39, 0.29) is 50.9 Å². The maximum Gasteiger partial charge on any atom is 0.335 e. The fourth-order valence-electron chi connectivity index (χ4n) is 3.29. The Morgan fingerprint density at radius 3 is 2.70 bits per heavy atom. The maximum absolute atomic E-state index is 12.7. The van der Waals surface area contributed by atoms with Crippen molar-refractivity contribution < 1.29 is 23.4 Å². The zero-order valence-corrected chi connectivity index (χ0v) is 17.2. The summed E-state index contributed by atoms with van der Waals surface area (Å²) in [6, 6.07) is 4.88. The van der Waals surface area contributed by atoms with Crippen LogP contribution in [-0.2, 0) is 9.84 Å². The number of carboxylic acids is 1. The number of rotatable bonds is 4. The number of carboxylic acid groups (broad SMARTS) is 1. The van der Waals surface area contributed by atoms with Crippen LogP contribution in [-0.4, -0.2) is 46.9 Å².